The molecule has 0 spiro atoms. The highest BCUT2D eigenvalue weighted by Crippen LogP contribution is 2.39. The van der Waals surface area contributed by atoms with Crippen LogP contribution in [0.1, 0.15) is 31.1 Å². The van der Waals surface area contributed by atoms with Gasteiger partial charge >= 0.3 is 5.97 Å². The Balaban J connectivity index is 3.03. The van der Waals surface area contributed by atoms with Crippen molar-refractivity contribution in [2.45, 2.75) is 38.9 Å². The molecule has 2 N–H and O–H groups in total. The van der Waals surface area contributed by atoms with Gasteiger partial charge in [0, 0.05) is 0 Å². The number of hydrogen-bond acceptors (Lipinski definition) is 3. The van der Waals surface area contributed by atoms with Crippen LogP contribution in [0.4, 0.5) is 0 Å². The van der Waals surface area contributed by atoms with E-state index in [0.29, 0.717) is 5.75 Å². The molecule has 18 heavy (non-hydrogen) atoms. The number of carboxylic acids is 1. The van der Waals surface area contributed by atoms with Crippen LogP contribution >= 0.6 is 0 Å². The Morgan fingerprint density at radius 2 is 1.83 bits per heavy atom. The van der Waals surface area contributed by atoms with E-state index in [4.69, 9.17) is 9.53 Å². The SMILES string of the molecule is CC(C)(C)[Si](C)(C)Oc1ccc(C(=O)O)cc1O. The van der Waals surface area contributed by atoms with Crippen LogP contribution in [0.5, 0.6) is 11.5 Å². The van der Waals surface area contributed by atoms with Crippen LogP contribution in [0, 0.1) is 0 Å². The van der Waals surface area contributed by atoms with Gasteiger partial charge in [0.25, 0.3) is 8.32 Å². The number of hydrogen-bond donors (Lipinski definition) is 2. The van der Waals surface area contributed by atoms with E-state index in [1.165, 1.54) is 18.2 Å². The van der Waals surface area contributed by atoms with Gasteiger partial charge in [0.2, 0.25) is 0 Å². The summed E-state index contributed by atoms with van der Waals surface area (Å²) in [6.45, 7) is 10.4. The van der Waals surface area contributed by atoms with E-state index >= 15 is 0 Å². The zero-order chi connectivity index (χ0) is 14.1. The van der Waals surface area contributed by atoms with E-state index in [0.717, 1.165) is 0 Å². The maximum absolute atomic E-state index is 10.8. The second-order valence-electron chi connectivity index (χ2n) is 5.85. The highest BCUT2D eigenvalue weighted by atomic mass is 28.4. The third-order valence-electron chi connectivity index (χ3n) is 3.38. The van der Waals surface area contributed by atoms with E-state index in [1.807, 2.05) is 0 Å². The van der Waals surface area contributed by atoms with Crippen molar-refractivity contribution >= 4 is 14.3 Å². The molecule has 1 rings (SSSR count). The number of aromatic hydroxyl groups is 1. The fraction of sp³-hybridized carbons (Fsp3) is 0.462. The van der Waals surface area contributed by atoms with Crippen LogP contribution in [0.25, 0.3) is 0 Å². The number of carboxylic acid groups (broad SMARTS) is 1. The molecule has 0 radical (unpaired) electrons. The number of phenols is 1. The summed E-state index contributed by atoms with van der Waals surface area (Å²) in [7, 11) is -2.03. The predicted octanol–water partition coefficient (Wildman–Crippen LogP) is 3.47. The van der Waals surface area contributed by atoms with Gasteiger partial charge in [0.1, 0.15) is 5.75 Å². The van der Waals surface area contributed by atoms with Crippen LogP contribution in [0.2, 0.25) is 18.1 Å². The Bertz CT molecular complexity index is 461. The Kier molecular flexibility index (Phi) is 3.76. The Labute approximate surface area is 108 Å². The van der Waals surface area contributed by atoms with Gasteiger partial charge in [-0.25, -0.2) is 4.79 Å². The summed E-state index contributed by atoms with van der Waals surface area (Å²) >= 11 is 0. The van der Waals surface area contributed by atoms with Gasteiger partial charge in [0.15, 0.2) is 5.75 Å². The monoisotopic (exact) mass is 268 g/mol. The lowest BCUT2D eigenvalue weighted by Crippen LogP contribution is -2.43. The molecule has 0 unspecified atom stereocenters. The van der Waals surface area contributed by atoms with Crippen molar-refractivity contribution in [3.63, 3.8) is 0 Å². The molecule has 0 saturated heterocycles. The molecule has 5 heteroatoms. The molecule has 0 bridgehead atoms. The molecule has 0 aliphatic heterocycles. The minimum Gasteiger partial charge on any atom is -0.541 e. The third-order valence-corrected chi connectivity index (χ3v) is 7.72. The maximum Gasteiger partial charge on any atom is 0.335 e. The number of phenolic OH excluding ortho intramolecular Hbond substituents is 1. The fourth-order valence-corrected chi connectivity index (χ4v) is 2.19. The first-order valence-electron chi connectivity index (χ1n) is 5.80. The fourth-order valence-electron chi connectivity index (χ4n) is 1.16. The zero-order valence-corrected chi connectivity index (χ0v) is 12.4. The van der Waals surface area contributed by atoms with Gasteiger partial charge in [-0.3, -0.25) is 0 Å². The molecule has 0 aromatic heterocycles. The van der Waals surface area contributed by atoms with Gasteiger partial charge in [-0.1, -0.05) is 20.8 Å². The summed E-state index contributed by atoms with van der Waals surface area (Å²) in [5.41, 5.74) is 0.0510. The Morgan fingerprint density at radius 1 is 1.28 bits per heavy atom. The standard InChI is InChI=1S/C13H20O4Si/c1-13(2,3)18(4,5)17-11-7-6-9(12(15)16)8-10(11)14/h6-8,14H,1-5H3,(H,15,16). The maximum atomic E-state index is 10.8. The van der Waals surface area contributed by atoms with E-state index < -0.39 is 14.3 Å². The molecule has 0 aliphatic rings. The average Bonchev–Trinajstić information content (AvgIpc) is 2.18. The normalized spacial score (nSPS) is 12.3. The molecule has 0 saturated carbocycles. The largest absolute Gasteiger partial charge is 0.541 e. The second kappa shape index (κ2) is 4.64. The van der Waals surface area contributed by atoms with Crippen molar-refractivity contribution in [1.82, 2.24) is 0 Å². The molecular weight excluding hydrogens is 248 g/mol. The van der Waals surface area contributed by atoms with Gasteiger partial charge in [-0.2, -0.15) is 0 Å². The topological polar surface area (TPSA) is 66.8 Å². The Morgan fingerprint density at radius 3 is 2.22 bits per heavy atom. The van der Waals surface area contributed by atoms with Gasteiger partial charge in [0.05, 0.1) is 5.56 Å². The minimum atomic E-state index is -2.03. The first-order chi connectivity index (χ1) is 8.04. The summed E-state index contributed by atoms with van der Waals surface area (Å²) in [6, 6.07) is 4.16. The van der Waals surface area contributed by atoms with Crippen molar-refractivity contribution in [3.05, 3.63) is 23.8 Å². The minimum absolute atomic E-state index is 0.0188. The molecule has 0 atom stereocenters. The van der Waals surface area contributed by atoms with Crippen molar-refractivity contribution in [2.75, 3.05) is 0 Å². The number of rotatable bonds is 3. The molecular formula is C13H20O4Si. The molecule has 0 amide bonds. The van der Waals surface area contributed by atoms with Crippen LogP contribution in [-0.2, 0) is 0 Å². The molecule has 0 heterocycles. The summed E-state index contributed by atoms with van der Waals surface area (Å²) in [5.74, 6) is -0.838. The van der Waals surface area contributed by atoms with E-state index in [9.17, 15) is 9.90 Å². The van der Waals surface area contributed by atoms with Crippen LogP contribution in [0.15, 0.2) is 18.2 Å². The summed E-state index contributed by atoms with van der Waals surface area (Å²) in [5, 5.41) is 18.6. The van der Waals surface area contributed by atoms with Crippen LogP contribution < -0.4 is 4.43 Å². The van der Waals surface area contributed by atoms with Crippen LogP contribution in [0.3, 0.4) is 0 Å². The first kappa shape index (κ1) is 14.6. The number of aromatic carboxylic acids is 1. The Hall–Kier alpha value is -1.49. The van der Waals surface area contributed by atoms with Crippen molar-refractivity contribution < 1.29 is 19.4 Å². The first-order valence-corrected chi connectivity index (χ1v) is 8.71. The molecule has 4 nitrogen and oxygen atoms in total. The lowest BCUT2D eigenvalue weighted by atomic mass is 10.2. The highest BCUT2D eigenvalue weighted by Gasteiger charge is 2.39. The lowest BCUT2D eigenvalue weighted by Gasteiger charge is -2.36. The van der Waals surface area contributed by atoms with E-state index in [-0.39, 0.29) is 16.4 Å². The predicted molar refractivity (Wildman–Crippen MR) is 72.9 cm³/mol. The van der Waals surface area contributed by atoms with E-state index in [1.54, 1.807) is 0 Å². The summed E-state index contributed by atoms with van der Waals surface area (Å²) < 4.78 is 5.93. The lowest BCUT2D eigenvalue weighted by molar-refractivity contribution is 0.0696. The molecule has 0 fully saturated rings. The highest BCUT2D eigenvalue weighted by molar-refractivity contribution is 6.74. The van der Waals surface area contributed by atoms with Crippen molar-refractivity contribution in [3.8, 4) is 11.5 Å². The second-order valence-corrected chi connectivity index (χ2v) is 10.6. The smallest absolute Gasteiger partial charge is 0.335 e. The van der Waals surface area contributed by atoms with Crippen molar-refractivity contribution in [2.24, 2.45) is 0 Å². The molecule has 0 aliphatic carbocycles. The van der Waals surface area contributed by atoms with E-state index in [2.05, 4.69) is 33.9 Å². The zero-order valence-electron chi connectivity index (χ0n) is 11.4. The number of carbonyl (C=O) groups is 1. The molecule has 1 aromatic carbocycles. The quantitative estimate of drug-likeness (QED) is 0.824. The van der Waals surface area contributed by atoms with Gasteiger partial charge in [-0.15, -0.1) is 0 Å². The van der Waals surface area contributed by atoms with Gasteiger partial charge < -0.3 is 14.6 Å². The number of benzene rings is 1. The third kappa shape index (κ3) is 3.04. The average molecular weight is 268 g/mol. The van der Waals surface area contributed by atoms with Crippen molar-refractivity contribution in [1.29, 1.82) is 0 Å². The molecule has 1 aromatic rings. The molecule has 100 valence electrons. The van der Waals surface area contributed by atoms with Gasteiger partial charge in [-0.05, 0) is 36.3 Å². The van der Waals surface area contributed by atoms with Crippen LogP contribution in [-0.4, -0.2) is 24.5 Å². The summed E-state index contributed by atoms with van der Waals surface area (Å²) in [6.07, 6.45) is 0. The summed E-state index contributed by atoms with van der Waals surface area (Å²) in [4.78, 5) is 10.8.